The second-order valence-electron chi connectivity index (χ2n) is 6.77. The molecule has 0 atom stereocenters. The molecule has 0 fully saturated rings. The Balaban J connectivity index is 1.48. The normalized spacial score (nSPS) is 10.5. The number of carbonyl (C=O) groups is 2. The third-order valence-corrected chi connectivity index (χ3v) is 4.41. The van der Waals surface area contributed by atoms with Crippen molar-refractivity contribution in [1.82, 2.24) is 5.43 Å². The lowest BCUT2D eigenvalue weighted by molar-refractivity contribution is -0.118. The van der Waals surface area contributed by atoms with E-state index in [1.807, 2.05) is 25.1 Å². The van der Waals surface area contributed by atoms with Crippen molar-refractivity contribution in [1.29, 1.82) is 0 Å². The van der Waals surface area contributed by atoms with E-state index < -0.39 is 0 Å². The zero-order chi connectivity index (χ0) is 23.5. The number of methoxy groups -OCH3 is 1. The van der Waals surface area contributed by atoms with Crippen LogP contribution in [0.25, 0.3) is 0 Å². The number of hydrogen-bond donors (Lipinski definition) is 2. The van der Waals surface area contributed by atoms with Crippen molar-refractivity contribution in [2.24, 2.45) is 5.10 Å². The standard InChI is InChI=1S/C25H25N3O5/c1-3-32-22-14-11-19(15-23(22)31-2)25(30)28-26-16-18-9-12-21(13-10-18)33-17-24(29)27-20-7-5-4-6-8-20/h4-16H,3,17H2,1-2H3,(H,27,29)(H,28,30)/b26-16+. The fraction of sp³-hybridized carbons (Fsp3) is 0.160. The predicted octanol–water partition coefficient (Wildman–Crippen LogP) is 3.88. The minimum absolute atomic E-state index is 0.107. The highest BCUT2D eigenvalue weighted by Crippen LogP contribution is 2.28. The molecule has 0 heterocycles. The van der Waals surface area contributed by atoms with E-state index in [2.05, 4.69) is 15.8 Å². The molecule has 170 valence electrons. The molecule has 0 saturated heterocycles. The van der Waals surface area contributed by atoms with Crippen LogP contribution in [-0.2, 0) is 4.79 Å². The molecule has 3 aromatic rings. The van der Waals surface area contributed by atoms with Gasteiger partial charge in [-0.05, 0) is 67.1 Å². The van der Waals surface area contributed by atoms with Crippen LogP contribution in [0, 0.1) is 0 Å². The molecule has 0 bridgehead atoms. The topological polar surface area (TPSA) is 98.3 Å². The van der Waals surface area contributed by atoms with E-state index in [-0.39, 0.29) is 18.4 Å². The number of rotatable bonds is 10. The predicted molar refractivity (Wildman–Crippen MR) is 126 cm³/mol. The number of benzene rings is 3. The number of amides is 2. The molecule has 0 aliphatic heterocycles. The first-order chi connectivity index (χ1) is 16.1. The molecule has 2 amide bonds. The maximum absolute atomic E-state index is 12.3. The van der Waals surface area contributed by atoms with Crippen LogP contribution >= 0.6 is 0 Å². The summed E-state index contributed by atoms with van der Waals surface area (Å²) in [6.07, 6.45) is 1.51. The Labute approximate surface area is 192 Å². The number of hydrazone groups is 1. The van der Waals surface area contributed by atoms with Crippen LogP contribution < -0.4 is 25.0 Å². The molecule has 8 heteroatoms. The summed E-state index contributed by atoms with van der Waals surface area (Å²) in [4.78, 5) is 24.3. The average molecular weight is 447 g/mol. The summed E-state index contributed by atoms with van der Waals surface area (Å²) >= 11 is 0. The monoisotopic (exact) mass is 447 g/mol. The fourth-order valence-corrected chi connectivity index (χ4v) is 2.83. The van der Waals surface area contributed by atoms with Crippen molar-refractivity contribution in [2.75, 3.05) is 25.6 Å². The Kier molecular flexibility index (Phi) is 8.41. The average Bonchev–Trinajstić information content (AvgIpc) is 2.84. The number of para-hydroxylation sites is 1. The van der Waals surface area contributed by atoms with Gasteiger partial charge in [0.15, 0.2) is 18.1 Å². The van der Waals surface area contributed by atoms with E-state index >= 15 is 0 Å². The first kappa shape index (κ1) is 23.3. The third-order valence-electron chi connectivity index (χ3n) is 4.41. The largest absolute Gasteiger partial charge is 0.493 e. The molecule has 0 spiro atoms. The van der Waals surface area contributed by atoms with E-state index in [1.165, 1.54) is 13.3 Å². The Morgan fingerprint density at radius 2 is 1.70 bits per heavy atom. The smallest absolute Gasteiger partial charge is 0.271 e. The second kappa shape index (κ2) is 11.9. The SMILES string of the molecule is CCOc1ccc(C(=O)N/N=C/c2ccc(OCC(=O)Nc3ccccc3)cc2)cc1OC. The Bertz CT molecular complexity index is 1100. The van der Waals surface area contributed by atoms with Gasteiger partial charge < -0.3 is 19.5 Å². The van der Waals surface area contributed by atoms with Crippen LogP contribution in [0.1, 0.15) is 22.8 Å². The third kappa shape index (κ3) is 7.10. The molecule has 3 aromatic carbocycles. The van der Waals surface area contributed by atoms with E-state index in [4.69, 9.17) is 14.2 Å². The van der Waals surface area contributed by atoms with E-state index in [0.29, 0.717) is 35.1 Å². The van der Waals surface area contributed by atoms with Gasteiger partial charge in [0.05, 0.1) is 19.9 Å². The summed E-state index contributed by atoms with van der Waals surface area (Å²) in [5.41, 5.74) is 4.33. The van der Waals surface area contributed by atoms with Gasteiger partial charge in [0.25, 0.3) is 11.8 Å². The van der Waals surface area contributed by atoms with Crippen molar-refractivity contribution in [2.45, 2.75) is 6.92 Å². The van der Waals surface area contributed by atoms with Crippen LogP contribution in [0.2, 0.25) is 0 Å². The second-order valence-corrected chi connectivity index (χ2v) is 6.77. The van der Waals surface area contributed by atoms with E-state index in [0.717, 1.165) is 5.56 Å². The summed E-state index contributed by atoms with van der Waals surface area (Å²) in [6.45, 7) is 2.26. The minimum Gasteiger partial charge on any atom is -0.493 e. The summed E-state index contributed by atoms with van der Waals surface area (Å²) < 4.78 is 16.2. The fourth-order valence-electron chi connectivity index (χ4n) is 2.83. The first-order valence-electron chi connectivity index (χ1n) is 10.3. The minimum atomic E-state index is -0.378. The highest BCUT2D eigenvalue weighted by atomic mass is 16.5. The molecule has 3 rings (SSSR count). The van der Waals surface area contributed by atoms with E-state index in [1.54, 1.807) is 54.6 Å². The first-order valence-corrected chi connectivity index (χ1v) is 10.3. The molecule has 0 aliphatic carbocycles. The molecule has 0 aromatic heterocycles. The lowest BCUT2D eigenvalue weighted by atomic mass is 10.2. The van der Waals surface area contributed by atoms with Gasteiger partial charge in [-0.3, -0.25) is 9.59 Å². The zero-order valence-corrected chi connectivity index (χ0v) is 18.4. The Morgan fingerprint density at radius 3 is 2.39 bits per heavy atom. The number of hydrogen-bond acceptors (Lipinski definition) is 6. The maximum Gasteiger partial charge on any atom is 0.271 e. The number of nitrogens with zero attached hydrogens (tertiary/aromatic N) is 1. The van der Waals surface area contributed by atoms with Gasteiger partial charge in [-0.15, -0.1) is 0 Å². The molecule has 0 unspecified atom stereocenters. The molecule has 33 heavy (non-hydrogen) atoms. The molecular formula is C25H25N3O5. The zero-order valence-electron chi connectivity index (χ0n) is 18.4. The highest BCUT2D eigenvalue weighted by molar-refractivity contribution is 5.95. The summed E-state index contributed by atoms with van der Waals surface area (Å²) in [7, 11) is 1.51. The lowest BCUT2D eigenvalue weighted by Gasteiger charge is -2.10. The van der Waals surface area contributed by atoms with Crippen LogP contribution in [0.5, 0.6) is 17.2 Å². The molecule has 8 nitrogen and oxygen atoms in total. The summed E-state index contributed by atoms with van der Waals surface area (Å²) in [5, 5.41) is 6.73. The number of anilines is 1. The van der Waals surface area contributed by atoms with Crippen molar-refractivity contribution < 1.29 is 23.8 Å². The highest BCUT2D eigenvalue weighted by Gasteiger charge is 2.10. The van der Waals surface area contributed by atoms with Crippen LogP contribution in [0.3, 0.4) is 0 Å². The number of carbonyl (C=O) groups excluding carboxylic acids is 2. The van der Waals surface area contributed by atoms with E-state index in [9.17, 15) is 9.59 Å². The molecule has 0 saturated carbocycles. The number of nitrogens with one attached hydrogen (secondary N) is 2. The van der Waals surface area contributed by atoms with Crippen molar-refractivity contribution >= 4 is 23.7 Å². The molecular weight excluding hydrogens is 422 g/mol. The maximum atomic E-state index is 12.3. The van der Waals surface area contributed by atoms with Crippen LogP contribution in [-0.4, -0.2) is 38.4 Å². The molecule has 0 aliphatic rings. The Morgan fingerprint density at radius 1 is 0.939 bits per heavy atom. The van der Waals surface area contributed by atoms with Gasteiger partial charge in [0.1, 0.15) is 5.75 Å². The Hall–Kier alpha value is -4.33. The van der Waals surface area contributed by atoms with Gasteiger partial charge in [-0.1, -0.05) is 18.2 Å². The van der Waals surface area contributed by atoms with Gasteiger partial charge in [-0.25, -0.2) is 5.43 Å². The van der Waals surface area contributed by atoms with Gasteiger partial charge >= 0.3 is 0 Å². The van der Waals surface area contributed by atoms with Gasteiger partial charge in [0.2, 0.25) is 0 Å². The van der Waals surface area contributed by atoms with Gasteiger partial charge in [0, 0.05) is 11.3 Å². The lowest BCUT2D eigenvalue weighted by Crippen LogP contribution is -2.20. The van der Waals surface area contributed by atoms with Crippen LogP contribution in [0.15, 0.2) is 77.9 Å². The summed E-state index contributed by atoms with van der Waals surface area (Å²) in [6, 6.07) is 21.0. The van der Waals surface area contributed by atoms with Crippen molar-refractivity contribution in [3.63, 3.8) is 0 Å². The molecule has 2 N–H and O–H groups in total. The van der Waals surface area contributed by atoms with Crippen molar-refractivity contribution in [3.05, 3.63) is 83.9 Å². The summed E-state index contributed by atoms with van der Waals surface area (Å²) in [5.74, 6) is 0.958. The number of ether oxygens (including phenoxy) is 3. The quantitative estimate of drug-likeness (QED) is 0.363. The van der Waals surface area contributed by atoms with Crippen molar-refractivity contribution in [3.8, 4) is 17.2 Å². The van der Waals surface area contributed by atoms with Gasteiger partial charge in [-0.2, -0.15) is 5.10 Å². The molecule has 0 radical (unpaired) electrons. The van der Waals surface area contributed by atoms with Crippen LogP contribution in [0.4, 0.5) is 5.69 Å².